The molecule has 0 saturated heterocycles. The molecule has 0 spiro atoms. The quantitative estimate of drug-likeness (QED) is 0.718. The van der Waals surface area contributed by atoms with Gasteiger partial charge in [-0.15, -0.1) is 0 Å². The van der Waals surface area contributed by atoms with Crippen LogP contribution in [0.15, 0.2) is 30.7 Å². The van der Waals surface area contributed by atoms with E-state index in [0.717, 1.165) is 5.69 Å². The Morgan fingerprint density at radius 3 is 2.79 bits per heavy atom. The van der Waals surface area contributed by atoms with E-state index in [-0.39, 0.29) is 6.42 Å². The number of pyridine rings is 1. The number of nitrogens with zero attached hydrogens (tertiary/aromatic N) is 3. The molecule has 10 nitrogen and oxygen atoms in total. The summed E-state index contributed by atoms with van der Waals surface area (Å²) < 4.78 is 9.28. The number of H-pyrrole nitrogens is 1. The zero-order valence-corrected chi connectivity index (χ0v) is 15.5. The van der Waals surface area contributed by atoms with Crippen LogP contribution in [0.1, 0.15) is 29.5 Å². The second-order valence-electron chi connectivity index (χ2n) is 6.17. The Kier molecular flexibility index (Phi) is 5.87. The third-order valence-electron chi connectivity index (χ3n) is 4.54. The second-order valence-corrected chi connectivity index (χ2v) is 6.17. The predicted octanol–water partition coefficient (Wildman–Crippen LogP) is 0.567. The Hall–Kier alpha value is -3.43. The van der Waals surface area contributed by atoms with E-state index in [2.05, 4.69) is 25.0 Å². The van der Waals surface area contributed by atoms with Crippen LogP contribution in [0.25, 0.3) is 0 Å². The maximum atomic E-state index is 13.0. The monoisotopic (exact) mass is 387 g/mol. The number of methoxy groups -OCH3 is 2. The number of aromatic amines is 1. The lowest BCUT2D eigenvalue weighted by molar-refractivity contribution is -0.149. The molecule has 1 aliphatic rings. The van der Waals surface area contributed by atoms with Gasteiger partial charge in [0.2, 0.25) is 0 Å². The molecule has 2 atom stereocenters. The van der Waals surface area contributed by atoms with Crippen molar-refractivity contribution < 1.29 is 23.9 Å². The van der Waals surface area contributed by atoms with Gasteiger partial charge in [-0.3, -0.25) is 9.78 Å². The highest BCUT2D eigenvalue weighted by molar-refractivity contribution is 5.87. The first kappa shape index (κ1) is 19.3. The molecule has 0 radical (unpaired) electrons. The highest BCUT2D eigenvalue weighted by Crippen LogP contribution is 2.32. The molecule has 3 heterocycles. The van der Waals surface area contributed by atoms with Crippen LogP contribution < -0.4 is 5.32 Å². The smallest absolute Gasteiger partial charge is 0.329 e. The largest absolute Gasteiger partial charge is 0.469 e. The number of carbonyl (C=O) groups is 3. The van der Waals surface area contributed by atoms with Crippen LogP contribution in [0.4, 0.5) is 4.79 Å². The Morgan fingerprint density at radius 2 is 2.11 bits per heavy atom. The lowest BCUT2D eigenvalue weighted by Crippen LogP contribution is -2.52. The summed E-state index contributed by atoms with van der Waals surface area (Å²) in [5.74, 6) is -1.36. The number of nitrogens with one attached hydrogen (secondary N) is 2. The molecule has 10 heteroatoms. The molecule has 2 aromatic heterocycles. The van der Waals surface area contributed by atoms with Crippen molar-refractivity contribution in [2.24, 2.45) is 0 Å². The van der Waals surface area contributed by atoms with Gasteiger partial charge >= 0.3 is 18.0 Å². The molecular formula is C18H21N5O5. The van der Waals surface area contributed by atoms with Crippen molar-refractivity contribution in [3.63, 3.8) is 0 Å². The Balaban J connectivity index is 1.86. The van der Waals surface area contributed by atoms with Gasteiger partial charge in [-0.1, -0.05) is 6.07 Å². The fourth-order valence-corrected chi connectivity index (χ4v) is 3.15. The molecule has 0 fully saturated rings. The lowest BCUT2D eigenvalue weighted by Gasteiger charge is -2.35. The average Bonchev–Trinajstić information content (AvgIpc) is 3.21. The topological polar surface area (TPSA) is 127 Å². The summed E-state index contributed by atoms with van der Waals surface area (Å²) in [6.07, 6.45) is 3.47. The summed E-state index contributed by atoms with van der Waals surface area (Å²) in [6.45, 7) is 0.383. The molecule has 3 rings (SSSR count). The summed E-state index contributed by atoms with van der Waals surface area (Å²) in [4.78, 5) is 49.9. The number of imidazole rings is 1. The van der Waals surface area contributed by atoms with Gasteiger partial charge in [0.05, 0.1) is 38.4 Å². The van der Waals surface area contributed by atoms with E-state index < -0.39 is 30.1 Å². The molecule has 1 aliphatic heterocycles. The summed E-state index contributed by atoms with van der Waals surface area (Å²) in [6, 6.07) is 3.21. The standard InChI is InChI=1S/C18H21N5O5/c1-27-14(24)9-13(17(25)28-2)22-18(26)23-8-6-11-15(21-10-20-11)16(23)12-5-3-4-7-19-12/h3-5,7,10,13,16H,6,8-9H2,1-2H3,(H,20,21)(H,22,26). The lowest BCUT2D eigenvalue weighted by atomic mass is 9.99. The van der Waals surface area contributed by atoms with Crippen molar-refractivity contribution in [3.8, 4) is 0 Å². The van der Waals surface area contributed by atoms with Gasteiger partial charge in [-0.05, 0) is 12.1 Å². The minimum atomic E-state index is -1.16. The van der Waals surface area contributed by atoms with Crippen LogP contribution in [0.2, 0.25) is 0 Å². The minimum Gasteiger partial charge on any atom is -0.469 e. The molecule has 0 bridgehead atoms. The molecule has 2 N–H and O–H groups in total. The first-order chi connectivity index (χ1) is 13.5. The fourth-order valence-electron chi connectivity index (χ4n) is 3.15. The van der Waals surface area contributed by atoms with Crippen LogP contribution in [0.3, 0.4) is 0 Å². The van der Waals surface area contributed by atoms with E-state index in [1.165, 1.54) is 14.2 Å². The van der Waals surface area contributed by atoms with E-state index in [1.807, 2.05) is 6.07 Å². The van der Waals surface area contributed by atoms with Crippen LogP contribution in [-0.4, -0.2) is 64.6 Å². The van der Waals surface area contributed by atoms with Crippen molar-refractivity contribution in [2.45, 2.75) is 24.9 Å². The van der Waals surface area contributed by atoms with Gasteiger partial charge in [0.15, 0.2) is 0 Å². The second kappa shape index (κ2) is 8.51. The van der Waals surface area contributed by atoms with Crippen LogP contribution in [-0.2, 0) is 25.5 Å². The highest BCUT2D eigenvalue weighted by atomic mass is 16.5. The number of esters is 2. The van der Waals surface area contributed by atoms with Gasteiger partial charge in [0.25, 0.3) is 0 Å². The number of urea groups is 1. The molecule has 2 amide bonds. The molecule has 0 saturated carbocycles. The number of hydrogen-bond acceptors (Lipinski definition) is 7. The number of ether oxygens (including phenoxy) is 2. The number of amides is 2. The third-order valence-corrected chi connectivity index (χ3v) is 4.54. The maximum absolute atomic E-state index is 13.0. The van der Waals surface area contributed by atoms with Crippen LogP contribution >= 0.6 is 0 Å². The van der Waals surface area contributed by atoms with Gasteiger partial charge in [0, 0.05) is 24.9 Å². The number of rotatable bonds is 5. The fraction of sp³-hybridized carbons (Fsp3) is 0.389. The normalized spacial score (nSPS) is 16.6. The number of aromatic nitrogens is 3. The van der Waals surface area contributed by atoms with Gasteiger partial charge in [-0.25, -0.2) is 14.6 Å². The van der Waals surface area contributed by atoms with Crippen molar-refractivity contribution in [1.29, 1.82) is 0 Å². The van der Waals surface area contributed by atoms with Gasteiger partial charge in [0.1, 0.15) is 12.1 Å². The zero-order chi connectivity index (χ0) is 20.1. The van der Waals surface area contributed by atoms with Crippen molar-refractivity contribution >= 4 is 18.0 Å². The number of carbonyl (C=O) groups excluding carboxylic acids is 3. The predicted molar refractivity (Wildman–Crippen MR) is 96.0 cm³/mol. The summed E-state index contributed by atoms with van der Waals surface area (Å²) in [5, 5.41) is 2.57. The highest BCUT2D eigenvalue weighted by Gasteiger charge is 2.37. The Bertz CT molecular complexity index is 853. The van der Waals surface area contributed by atoms with Gasteiger partial charge < -0.3 is 24.7 Å². The van der Waals surface area contributed by atoms with Crippen molar-refractivity contribution in [3.05, 3.63) is 47.8 Å². The van der Waals surface area contributed by atoms with Crippen LogP contribution in [0.5, 0.6) is 0 Å². The Morgan fingerprint density at radius 1 is 1.29 bits per heavy atom. The first-order valence-corrected chi connectivity index (χ1v) is 8.70. The zero-order valence-electron chi connectivity index (χ0n) is 15.5. The molecule has 0 aromatic carbocycles. The third kappa shape index (κ3) is 3.95. The van der Waals surface area contributed by atoms with Gasteiger partial charge in [-0.2, -0.15) is 0 Å². The summed E-state index contributed by atoms with van der Waals surface area (Å²) in [7, 11) is 2.39. The van der Waals surface area contributed by atoms with Crippen LogP contribution in [0, 0.1) is 0 Å². The molecule has 2 unspecified atom stereocenters. The Labute approximate surface area is 161 Å². The SMILES string of the molecule is COC(=O)CC(NC(=O)N1CCc2[nH]cnc2C1c1ccccn1)C(=O)OC. The van der Waals surface area contributed by atoms with E-state index in [4.69, 9.17) is 4.74 Å². The molecular weight excluding hydrogens is 366 g/mol. The maximum Gasteiger partial charge on any atom is 0.329 e. The minimum absolute atomic E-state index is 0.329. The van der Waals surface area contributed by atoms with Crippen molar-refractivity contribution in [2.75, 3.05) is 20.8 Å². The molecule has 2 aromatic rings. The van der Waals surface area contributed by atoms with E-state index >= 15 is 0 Å². The number of fused-ring (bicyclic) bond motifs is 1. The molecule has 0 aliphatic carbocycles. The van der Waals surface area contributed by atoms with E-state index in [0.29, 0.717) is 24.4 Å². The summed E-state index contributed by atoms with van der Waals surface area (Å²) >= 11 is 0. The van der Waals surface area contributed by atoms with E-state index in [9.17, 15) is 14.4 Å². The molecule has 28 heavy (non-hydrogen) atoms. The molecule has 148 valence electrons. The number of hydrogen-bond donors (Lipinski definition) is 2. The first-order valence-electron chi connectivity index (χ1n) is 8.70. The average molecular weight is 387 g/mol. The summed E-state index contributed by atoms with van der Waals surface area (Å²) in [5.41, 5.74) is 2.27. The van der Waals surface area contributed by atoms with Crippen molar-refractivity contribution in [1.82, 2.24) is 25.2 Å². The van der Waals surface area contributed by atoms with E-state index in [1.54, 1.807) is 29.6 Å².